The average Bonchev–Trinajstić information content (AvgIpc) is 2.59. The fourth-order valence-corrected chi connectivity index (χ4v) is 2.79. The van der Waals surface area contributed by atoms with E-state index in [0.717, 1.165) is 5.56 Å². The third-order valence-corrected chi connectivity index (χ3v) is 4.04. The number of carboxylic acids is 2. The molecule has 0 saturated carbocycles. The molecule has 0 aliphatic carbocycles. The van der Waals surface area contributed by atoms with E-state index < -0.39 is 18.5 Å². The molecule has 0 fully saturated rings. The van der Waals surface area contributed by atoms with Crippen molar-refractivity contribution in [3.63, 3.8) is 0 Å². The van der Waals surface area contributed by atoms with Gasteiger partial charge in [0, 0.05) is 34.0 Å². The lowest BCUT2D eigenvalue weighted by Crippen LogP contribution is -2.11. The van der Waals surface area contributed by atoms with Gasteiger partial charge in [-0.05, 0) is 42.8 Å². The van der Waals surface area contributed by atoms with Crippen LogP contribution in [0.1, 0.15) is 24.0 Å². The third kappa shape index (κ3) is 7.00. The van der Waals surface area contributed by atoms with Crippen LogP contribution >= 0.6 is 23.2 Å². The summed E-state index contributed by atoms with van der Waals surface area (Å²) in [5, 5.41) is 18.5. The largest absolute Gasteiger partial charge is 0.493 e. The number of halogens is 2. The average molecular weight is 413 g/mol. The summed E-state index contributed by atoms with van der Waals surface area (Å²) >= 11 is 12.2. The minimum Gasteiger partial charge on any atom is -0.493 e. The zero-order valence-corrected chi connectivity index (χ0v) is 15.8. The number of carboxylic acid groups (broad SMARTS) is 2. The molecule has 2 aromatic rings. The van der Waals surface area contributed by atoms with Gasteiger partial charge in [0.1, 0.15) is 11.5 Å². The summed E-state index contributed by atoms with van der Waals surface area (Å²) < 4.78 is 11.0. The van der Waals surface area contributed by atoms with Gasteiger partial charge < -0.3 is 19.7 Å². The molecular formula is C19H18Cl2O6. The highest BCUT2D eigenvalue weighted by atomic mass is 35.5. The Labute approximate surface area is 166 Å². The summed E-state index contributed by atoms with van der Waals surface area (Å²) in [5.74, 6) is -0.997. The van der Waals surface area contributed by atoms with Crippen LogP contribution in [0.3, 0.4) is 0 Å². The molecule has 0 aliphatic rings. The van der Waals surface area contributed by atoms with Gasteiger partial charge in [-0.25, -0.2) is 4.79 Å². The zero-order chi connectivity index (χ0) is 19.8. The fourth-order valence-electron chi connectivity index (χ4n) is 2.40. The number of ether oxygens (including phenoxy) is 2. The summed E-state index contributed by atoms with van der Waals surface area (Å²) in [7, 11) is 0. The lowest BCUT2D eigenvalue weighted by Gasteiger charge is -2.14. The van der Waals surface area contributed by atoms with E-state index in [4.69, 9.17) is 42.9 Å². The Bertz CT molecular complexity index is 822. The molecule has 0 atom stereocenters. The van der Waals surface area contributed by atoms with E-state index in [9.17, 15) is 9.59 Å². The van der Waals surface area contributed by atoms with E-state index in [1.54, 1.807) is 36.4 Å². The Balaban J connectivity index is 2.20. The van der Waals surface area contributed by atoms with Crippen molar-refractivity contribution >= 4 is 35.1 Å². The molecule has 0 heterocycles. The first-order valence-corrected chi connectivity index (χ1v) is 8.87. The van der Waals surface area contributed by atoms with Crippen LogP contribution < -0.4 is 9.47 Å². The van der Waals surface area contributed by atoms with Crippen LogP contribution in [0.2, 0.25) is 10.0 Å². The third-order valence-electron chi connectivity index (χ3n) is 3.57. The highest BCUT2D eigenvalue weighted by molar-refractivity contribution is 6.31. The van der Waals surface area contributed by atoms with Crippen molar-refractivity contribution in [2.75, 3.05) is 13.2 Å². The first-order valence-electron chi connectivity index (χ1n) is 8.11. The predicted octanol–water partition coefficient (Wildman–Crippen LogP) is 4.29. The number of carbonyl (C=O) groups is 2. The molecule has 27 heavy (non-hydrogen) atoms. The molecule has 0 saturated heterocycles. The molecule has 0 aromatic heterocycles. The second kappa shape index (κ2) is 10.0. The van der Waals surface area contributed by atoms with Gasteiger partial charge in [-0.15, -0.1) is 0 Å². The lowest BCUT2D eigenvalue weighted by molar-refractivity contribution is -0.139. The molecule has 0 unspecified atom stereocenters. The smallest absolute Gasteiger partial charge is 0.341 e. The molecule has 2 N–H and O–H groups in total. The van der Waals surface area contributed by atoms with Crippen LogP contribution in [-0.2, 0) is 16.0 Å². The van der Waals surface area contributed by atoms with E-state index >= 15 is 0 Å². The number of hydrogen-bond acceptors (Lipinski definition) is 4. The van der Waals surface area contributed by atoms with Crippen LogP contribution in [0.5, 0.6) is 11.5 Å². The van der Waals surface area contributed by atoms with Crippen molar-refractivity contribution in [1.29, 1.82) is 0 Å². The van der Waals surface area contributed by atoms with E-state index in [1.165, 1.54) is 0 Å². The van der Waals surface area contributed by atoms with E-state index in [1.807, 2.05) is 0 Å². The van der Waals surface area contributed by atoms with Gasteiger partial charge >= 0.3 is 11.9 Å². The molecular weight excluding hydrogens is 395 g/mol. The minimum atomic E-state index is -1.08. The van der Waals surface area contributed by atoms with Gasteiger partial charge in [0.15, 0.2) is 6.61 Å². The Morgan fingerprint density at radius 1 is 0.852 bits per heavy atom. The van der Waals surface area contributed by atoms with Crippen molar-refractivity contribution in [1.82, 2.24) is 0 Å². The molecule has 0 spiro atoms. The fraction of sp³-hybridized carbons (Fsp3) is 0.263. The predicted molar refractivity (Wildman–Crippen MR) is 101 cm³/mol. The topological polar surface area (TPSA) is 93.1 Å². The van der Waals surface area contributed by atoms with Crippen LogP contribution in [0.4, 0.5) is 0 Å². The van der Waals surface area contributed by atoms with Crippen LogP contribution in [0, 0.1) is 0 Å². The van der Waals surface area contributed by atoms with E-state index in [0.29, 0.717) is 39.9 Å². The van der Waals surface area contributed by atoms with Crippen molar-refractivity contribution < 1.29 is 29.3 Å². The summed E-state index contributed by atoms with van der Waals surface area (Å²) in [6.45, 7) is -0.221. The SMILES string of the molecule is O=C(O)CCCOc1ccc(Cl)cc1Cc1cc(Cl)ccc1OCC(=O)O. The Kier molecular flexibility index (Phi) is 7.76. The van der Waals surface area contributed by atoms with Crippen molar-refractivity contribution in [3.8, 4) is 11.5 Å². The maximum atomic E-state index is 10.8. The van der Waals surface area contributed by atoms with Crippen molar-refractivity contribution in [2.24, 2.45) is 0 Å². The second-order valence-corrected chi connectivity index (χ2v) is 6.58. The lowest BCUT2D eigenvalue weighted by atomic mass is 10.0. The molecule has 8 heteroatoms. The molecule has 144 valence electrons. The van der Waals surface area contributed by atoms with E-state index in [-0.39, 0.29) is 13.0 Å². The van der Waals surface area contributed by atoms with Gasteiger partial charge in [0.05, 0.1) is 6.61 Å². The quantitative estimate of drug-likeness (QED) is 0.565. The van der Waals surface area contributed by atoms with Crippen molar-refractivity contribution in [3.05, 3.63) is 57.6 Å². The Hall–Kier alpha value is -2.44. The van der Waals surface area contributed by atoms with Crippen LogP contribution in [-0.4, -0.2) is 35.4 Å². The molecule has 0 bridgehead atoms. The summed E-state index contributed by atoms with van der Waals surface area (Å²) in [5.41, 5.74) is 1.43. The molecule has 0 amide bonds. The Morgan fingerprint density at radius 3 is 1.93 bits per heavy atom. The number of aliphatic carboxylic acids is 2. The maximum Gasteiger partial charge on any atom is 0.341 e. The van der Waals surface area contributed by atoms with Gasteiger partial charge in [-0.3, -0.25) is 4.79 Å². The van der Waals surface area contributed by atoms with Crippen molar-refractivity contribution in [2.45, 2.75) is 19.3 Å². The number of benzene rings is 2. The molecule has 0 aliphatic heterocycles. The first-order chi connectivity index (χ1) is 12.8. The highest BCUT2D eigenvalue weighted by Gasteiger charge is 2.12. The maximum absolute atomic E-state index is 10.8. The normalized spacial score (nSPS) is 10.4. The van der Waals surface area contributed by atoms with Gasteiger partial charge in [0.25, 0.3) is 0 Å². The molecule has 6 nitrogen and oxygen atoms in total. The highest BCUT2D eigenvalue weighted by Crippen LogP contribution is 2.30. The monoisotopic (exact) mass is 412 g/mol. The molecule has 0 radical (unpaired) electrons. The summed E-state index contributed by atoms with van der Waals surface area (Å²) in [6.07, 6.45) is 0.746. The first kappa shape index (κ1) is 20.9. The Morgan fingerprint density at radius 2 is 1.41 bits per heavy atom. The minimum absolute atomic E-state index is 0.0182. The van der Waals surface area contributed by atoms with Crippen LogP contribution in [0.25, 0.3) is 0 Å². The van der Waals surface area contributed by atoms with Crippen LogP contribution in [0.15, 0.2) is 36.4 Å². The number of hydrogen-bond donors (Lipinski definition) is 2. The molecule has 2 rings (SSSR count). The van der Waals surface area contributed by atoms with E-state index in [2.05, 4.69) is 0 Å². The van der Waals surface area contributed by atoms with Gasteiger partial charge in [-0.1, -0.05) is 23.2 Å². The standard InChI is InChI=1S/C19H18Cl2O6/c20-14-3-5-16(26-7-1-2-18(22)23)12(9-14)8-13-10-15(21)4-6-17(13)27-11-19(24)25/h3-6,9-10H,1-2,7-8,11H2,(H,22,23)(H,24,25). The summed E-state index contributed by atoms with van der Waals surface area (Å²) in [4.78, 5) is 21.4. The zero-order valence-electron chi connectivity index (χ0n) is 14.3. The van der Waals surface area contributed by atoms with Gasteiger partial charge in [0.2, 0.25) is 0 Å². The van der Waals surface area contributed by atoms with Gasteiger partial charge in [-0.2, -0.15) is 0 Å². The molecule has 2 aromatic carbocycles. The summed E-state index contributed by atoms with van der Waals surface area (Å²) in [6, 6.07) is 10.0. The second-order valence-electron chi connectivity index (χ2n) is 5.71. The number of rotatable bonds is 10.